The van der Waals surface area contributed by atoms with Crippen LogP contribution in [0, 0.1) is 0 Å². The second kappa shape index (κ2) is 10.4. The van der Waals surface area contributed by atoms with E-state index in [9.17, 15) is 9.59 Å². The first kappa shape index (κ1) is 23.8. The van der Waals surface area contributed by atoms with Crippen LogP contribution in [0.25, 0.3) is 11.1 Å². The number of nitrogens with two attached hydrogens (primary N) is 1. The third-order valence-electron chi connectivity index (χ3n) is 6.66. The van der Waals surface area contributed by atoms with Crippen molar-refractivity contribution in [3.8, 4) is 16.9 Å². The van der Waals surface area contributed by atoms with Crippen LogP contribution in [0.5, 0.6) is 5.75 Å². The van der Waals surface area contributed by atoms with E-state index >= 15 is 0 Å². The number of hydrogen-bond acceptors (Lipinski definition) is 7. The molecule has 2 N–H and O–H groups in total. The van der Waals surface area contributed by atoms with E-state index in [1.165, 1.54) is 4.90 Å². The van der Waals surface area contributed by atoms with E-state index in [0.29, 0.717) is 36.8 Å². The lowest BCUT2D eigenvalue weighted by molar-refractivity contribution is -0.194. The molecule has 3 aromatic rings. The Bertz CT molecular complexity index is 1250. The molecular weight excluding hydrogens is 460 g/mol. The fraction of sp³-hybridized carbons (Fsp3) is 0.286. The molecule has 8 nitrogen and oxygen atoms in total. The number of carbonyl (C=O) groups excluding carboxylic acids is 2. The van der Waals surface area contributed by atoms with E-state index in [0.717, 1.165) is 27.8 Å². The van der Waals surface area contributed by atoms with Gasteiger partial charge >= 0.3 is 6.09 Å². The molecule has 0 atom stereocenters. The number of fused-ring (bicyclic) bond motifs is 4. The molecule has 3 aromatic carbocycles. The van der Waals surface area contributed by atoms with Gasteiger partial charge in [0.2, 0.25) is 0 Å². The van der Waals surface area contributed by atoms with Crippen molar-refractivity contribution >= 4 is 17.6 Å². The molecule has 0 spiro atoms. The molecule has 1 amide bonds. The molecule has 8 heteroatoms. The molecule has 0 aromatic heterocycles. The van der Waals surface area contributed by atoms with Gasteiger partial charge in [-0.1, -0.05) is 48.5 Å². The third-order valence-corrected chi connectivity index (χ3v) is 6.66. The smallest absolute Gasteiger partial charge is 0.409 e. The lowest BCUT2D eigenvalue weighted by atomic mass is 9.98. The molecule has 0 unspecified atom stereocenters. The van der Waals surface area contributed by atoms with E-state index < -0.39 is 6.09 Å². The van der Waals surface area contributed by atoms with Crippen molar-refractivity contribution in [2.75, 3.05) is 39.1 Å². The highest BCUT2D eigenvalue weighted by molar-refractivity contribution is 6.01. The third kappa shape index (κ3) is 4.65. The van der Waals surface area contributed by atoms with Crippen molar-refractivity contribution in [2.45, 2.75) is 18.9 Å². The second-order valence-corrected chi connectivity index (χ2v) is 8.85. The summed E-state index contributed by atoms with van der Waals surface area (Å²) in [6.45, 7) is 1.30. The summed E-state index contributed by atoms with van der Waals surface area (Å²) in [5.74, 6) is 0.251. The molecule has 5 rings (SSSR count). The second-order valence-electron chi connectivity index (χ2n) is 8.85. The quantitative estimate of drug-likeness (QED) is 0.268. The Kier molecular flexibility index (Phi) is 6.88. The molecule has 36 heavy (non-hydrogen) atoms. The topological polar surface area (TPSA) is 100 Å². The van der Waals surface area contributed by atoms with Crippen molar-refractivity contribution in [1.29, 1.82) is 0 Å². The molecule has 1 aliphatic heterocycles. The number of ketones is 1. The molecule has 0 bridgehead atoms. The number of hydrogen-bond donors (Lipinski definition) is 1. The van der Waals surface area contributed by atoms with Gasteiger partial charge in [-0.15, -0.1) is 0 Å². The van der Waals surface area contributed by atoms with Crippen LogP contribution < -0.4 is 10.6 Å². The van der Waals surface area contributed by atoms with Gasteiger partial charge in [0.15, 0.2) is 11.5 Å². The fourth-order valence-corrected chi connectivity index (χ4v) is 4.78. The van der Waals surface area contributed by atoms with Crippen molar-refractivity contribution in [2.24, 2.45) is 0 Å². The zero-order chi connectivity index (χ0) is 25.1. The van der Waals surface area contributed by atoms with Gasteiger partial charge in [0.05, 0.1) is 6.61 Å². The van der Waals surface area contributed by atoms with Crippen LogP contribution >= 0.6 is 0 Å². The molecule has 0 saturated carbocycles. The molecule has 2 aliphatic rings. The summed E-state index contributed by atoms with van der Waals surface area (Å²) >= 11 is 0. The van der Waals surface area contributed by atoms with Crippen molar-refractivity contribution < 1.29 is 28.8 Å². The lowest BCUT2D eigenvalue weighted by Gasteiger charge is -2.23. The van der Waals surface area contributed by atoms with E-state index in [4.69, 9.17) is 25.0 Å². The van der Waals surface area contributed by atoms with Crippen LogP contribution in [0.1, 0.15) is 39.4 Å². The average Bonchev–Trinajstić information content (AvgIpc) is 3.48. The van der Waals surface area contributed by atoms with Crippen molar-refractivity contribution in [1.82, 2.24) is 4.90 Å². The van der Waals surface area contributed by atoms with Crippen LogP contribution in [0.2, 0.25) is 0 Å². The van der Waals surface area contributed by atoms with Crippen molar-refractivity contribution in [3.05, 3.63) is 82.9 Å². The minimum absolute atomic E-state index is 0.0410. The van der Waals surface area contributed by atoms with E-state index in [-0.39, 0.29) is 31.3 Å². The number of ether oxygens (including phenoxy) is 2. The highest BCUT2D eigenvalue weighted by Crippen LogP contribution is 2.44. The number of benzene rings is 3. The number of nitrogen functional groups attached to an aromatic ring is 1. The Morgan fingerprint density at radius 2 is 1.72 bits per heavy atom. The Labute approximate surface area is 209 Å². The largest absolute Gasteiger partial charge is 0.448 e. The van der Waals surface area contributed by atoms with E-state index in [1.54, 1.807) is 19.2 Å². The number of anilines is 1. The molecule has 186 valence electrons. The van der Waals surface area contributed by atoms with E-state index in [1.807, 2.05) is 24.3 Å². The van der Waals surface area contributed by atoms with Gasteiger partial charge in [-0.25, -0.2) is 4.79 Å². The van der Waals surface area contributed by atoms with Gasteiger partial charge in [0, 0.05) is 49.4 Å². The molecule has 1 heterocycles. The highest BCUT2D eigenvalue weighted by Gasteiger charge is 2.30. The van der Waals surface area contributed by atoms with Gasteiger partial charge in [0.25, 0.3) is 0 Å². The van der Waals surface area contributed by atoms with Gasteiger partial charge < -0.3 is 25.0 Å². The van der Waals surface area contributed by atoms with Crippen LogP contribution in [-0.2, 0) is 21.0 Å². The summed E-state index contributed by atoms with van der Waals surface area (Å²) < 4.78 is 10.9. The standard InChI is InChI=1S/C28H28N2O6/c1-33-13-12-30(11-10-26(31)23-15-27-18(14-25(23)29)16-35-36-27)28(32)34-17-24-21-8-4-2-6-19(21)20-7-3-5-9-22(20)24/h2-9,14-15,24H,10-13,16-17,29H2,1H3. The molecule has 0 fully saturated rings. The number of carbonyl (C=O) groups is 2. The van der Waals surface area contributed by atoms with Crippen LogP contribution in [0.3, 0.4) is 0 Å². The molecule has 0 radical (unpaired) electrons. The summed E-state index contributed by atoms with van der Waals surface area (Å²) in [5.41, 5.74) is 12.2. The predicted molar refractivity (Wildman–Crippen MR) is 134 cm³/mol. The number of nitrogens with zero attached hydrogens (tertiary/aromatic N) is 1. The van der Waals surface area contributed by atoms with Crippen LogP contribution in [0.15, 0.2) is 60.7 Å². The first-order valence-corrected chi connectivity index (χ1v) is 11.9. The first-order valence-electron chi connectivity index (χ1n) is 11.9. The first-order chi connectivity index (χ1) is 17.6. The summed E-state index contributed by atoms with van der Waals surface area (Å²) in [7, 11) is 1.56. The summed E-state index contributed by atoms with van der Waals surface area (Å²) in [5, 5.41) is 0. The van der Waals surface area contributed by atoms with Gasteiger partial charge in [0.1, 0.15) is 13.2 Å². The van der Waals surface area contributed by atoms with Crippen LogP contribution in [-0.4, -0.2) is 50.2 Å². The zero-order valence-corrected chi connectivity index (χ0v) is 20.1. The van der Waals surface area contributed by atoms with E-state index in [2.05, 4.69) is 24.3 Å². The van der Waals surface area contributed by atoms with Crippen LogP contribution in [0.4, 0.5) is 10.5 Å². The lowest BCUT2D eigenvalue weighted by Crippen LogP contribution is -2.36. The molecule has 1 aliphatic carbocycles. The Morgan fingerprint density at radius 3 is 2.42 bits per heavy atom. The molecule has 0 saturated heterocycles. The summed E-state index contributed by atoms with van der Waals surface area (Å²) in [6, 6.07) is 19.6. The average molecular weight is 489 g/mol. The number of amides is 1. The minimum Gasteiger partial charge on any atom is -0.448 e. The fourth-order valence-electron chi connectivity index (χ4n) is 4.78. The zero-order valence-electron chi connectivity index (χ0n) is 20.1. The summed E-state index contributed by atoms with van der Waals surface area (Å²) in [4.78, 5) is 37.5. The highest BCUT2D eigenvalue weighted by atomic mass is 17.2. The predicted octanol–water partition coefficient (Wildman–Crippen LogP) is 4.56. The maximum absolute atomic E-state index is 13.1. The normalized spacial score (nSPS) is 13.5. The maximum Gasteiger partial charge on any atom is 0.409 e. The Morgan fingerprint density at radius 1 is 1.03 bits per heavy atom. The summed E-state index contributed by atoms with van der Waals surface area (Å²) in [6.07, 6.45) is -0.405. The monoisotopic (exact) mass is 488 g/mol. The van der Waals surface area contributed by atoms with Gasteiger partial charge in [-0.2, -0.15) is 4.89 Å². The number of Topliss-reactive ketones (excluding diaryl/α,β-unsaturated/α-hetero) is 1. The van der Waals surface area contributed by atoms with Crippen molar-refractivity contribution in [3.63, 3.8) is 0 Å². The Balaban J connectivity index is 1.25. The maximum atomic E-state index is 13.1. The molecular formula is C28H28N2O6. The van der Waals surface area contributed by atoms with Gasteiger partial charge in [-0.3, -0.25) is 4.79 Å². The minimum atomic E-state index is -0.486. The number of methoxy groups -OCH3 is 1. The Hall–Kier alpha value is -3.88. The number of rotatable bonds is 9. The SMILES string of the molecule is COCCN(CCC(=O)c1cc2c(cc1N)COO2)C(=O)OCC1c2ccccc2-c2ccccc21. The van der Waals surface area contributed by atoms with Gasteiger partial charge in [-0.05, 0) is 34.4 Å².